The predicted molar refractivity (Wildman–Crippen MR) is 78.7 cm³/mol. The van der Waals surface area contributed by atoms with Crippen LogP contribution >= 0.6 is 0 Å². The zero-order chi connectivity index (χ0) is 14.1. The third kappa shape index (κ3) is 3.80. The van der Waals surface area contributed by atoms with E-state index in [1.165, 1.54) is 6.42 Å². The molecule has 5 heteroatoms. The average Bonchev–Trinajstić information content (AvgIpc) is 2.24. The number of nitrogens with zero attached hydrogens (tertiary/aromatic N) is 2. The van der Waals surface area contributed by atoms with Gasteiger partial charge in [-0.25, -0.2) is 10.8 Å². The molecular formula is C14H25N5. The highest BCUT2D eigenvalue weighted by Gasteiger charge is 2.38. The quantitative estimate of drug-likeness (QED) is 0.577. The second kappa shape index (κ2) is 4.96. The van der Waals surface area contributed by atoms with E-state index >= 15 is 0 Å². The smallest absolute Gasteiger partial charge is 0.239 e. The molecule has 0 bridgehead atoms. The van der Waals surface area contributed by atoms with E-state index < -0.39 is 0 Å². The number of hydrazine groups is 1. The van der Waals surface area contributed by atoms with Crippen molar-refractivity contribution in [2.45, 2.75) is 53.0 Å². The van der Waals surface area contributed by atoms with Gasteiger partial charge in [0, 0.05) is 12.2 Å². The first kappa shape index (κ1) is 14.1. The summed E-state index contributed by atoms with van der Waals surface area (Å²) < 4.78 is 0. The van der Waals surface area contributed by atoms with Crippen molar-refractivity contribution in [3.05, 3.63) is 12.3 Å². The van der Waals surface area contributed by atoms with Crippen molar-refractivity contribution in [1.82, 2.24) is 9.97 Å². The lowest BCUT2D eigenvalue weighted by atomic mass is 9.63. The van der Waals surface area contributed by atoms with Gasteiger partial charge in [-0.15, -0.1) is 0 Å². The molecule has 19 heavy (non-hydrogen) atoms. The van der Waals surface area contributed by atoms with Crippen molar-refractivity contribution in [3.63, 3.8) is 0 Å². The lowest BCUT2D eigenvalue weighted by molar-refractivity contribution is 0.105. The van der Waals surface area contributed by atoms with Gasteiger partial charge in [-0.2, -0.15) is 4.98 Å². The maximum Gasteiger partial charge on any atom is 0.239 e. The van der Waals surface area contributed by atoms with Crippen LogP contribution in [0.25, 0.3) is 0 Å². The molecule has 2 rings (SSSR count). The van der Waals surface area contributed by atoms with Crippen LogP contribution in [0.3, 0.4) is 0 Å². The Morgan fingerprint density at radius 3 is 2.42 bits per heavy atom. The summed E-state index contributed by atoms with van der Waals surface area (Å²) in [5, 5.41) is 3.52. The molecule has 0 unspecified atom stereocenters. The number of nitrogen functional groups attached to an aromatic ring is 1. The first-order valence-corrected chi connectivity index (χ1v) is 6.86. The summed E-state index contributed by atoms with van der Waals surface area (Å²) in [5.41, 5.74) is 3.20. The normalized spacial score (nSPS) is 21.9. The molecule has 0 spiro atoms. The van der Waals surface area contributed by atoms with E-state index in [1.54, 1.807) is 6.20 Å². The van der Waals surface area contributed by atoms with Gasteiger partial charge in [0.25, 0.3) is 0 Å². The molecule has 0 radical (unpaired) electrons. The molecule has 1 heterocycles. The summed E-state index contributed by atoms with van der Waals surface area (Å²) in [6.45, 7) is 9.37. The van der Waals surface area contributed by atoms with Gasteiger partial charge < -0.3 is 5.32 Å². The van der Waals surface area contributed by atoms with E-state index in [0.29, 0.717) is 22.8 Å². The second-order valence-electron chi connectivity index (χ2n) is 7.16. The third-order valence-corrected chi connectivity index (χ3v) is 3.69. The number of hydrogen-bond acceptors (Lipinski definition) is 5. The van der Waals surface area contributed by atoms with Gasteiger partial charge in [-0.3, -0.25) is 5.43 Å². The SMILES string of the molecule is CC1(C)CC(Nc2ccnc(NN)n2)CC(C)(C)C1. The van der Waals surface area contributed by atoms with Crippen LogP contribution in [0.4, 0.5) is 11.8 Å². The Kier molecular flexibility index (Phi) is 3.67. The maximum atomic E-state index is 5.34. The van der Waals surface area contributed by atoms with E-state index in [2.05, 4.69) is 48.4 Å². The summed E-state index contributed by atoms with van der Waals surface area (Å²) in [4.78, 5) is 8.34. The Morgan fingerprint density at radius 2 is 1.84 bits per heavy atom. The number of nitrogens with one attached hydrogen (secondary N) is 2. The molecule has 106 valence electrons. The molecule has 1 aromatic heterocycles. The van der Waals surface area contributed by atoms with Crippen LogP contribution in [0.1, 0.15) is 47.0 Å². The molecule has 0 saturated heterocycles. The fourth-order valence-electron chi connectivity index (χ4n) is 3.67. The Bertz CT molecular complexity index is 425. The van der Waals surface area contributed by atoms with Crippen LogP contribution in [0.5, 0.6) is 0 Å². The van der Waals surface area contributed by atoms with Crippen molar-refractivity contribution in [3.8, 4) is 0 Å². The molecule has 0 aliphatic heterocycles. The number of nitrogens with two attached hydrogens (primary N) is 1. The van der Waals surface area contributed by atoms with E-state index in [1.807, 2.05) is 6.07 Å². The molecule has 1 aliphatic carbocycles. The molecule has 1 aliphatic rings. The van der Waals surface area contributed by atoms with Gasteiger partial charge in [0.15, 0.2) is 0 Å². The molecule has 5 nitrogen and oxygen atoms in total. The summed E-state index contributed by atoms with van der Waals surface area (Å²) in [7, 11) is 0. The zero-order valence-corrected chi connectivity index (χ0v) is 12.3. The van der Waals surface area contributed by atoms with E-state index in [4.69, 9.17) is 5.84 Å². The van der Waals surface area contributed by atoms with Gasteiger partial charge >= 0.3 is 0 Å². The van der Waals surface area contributed by atoms with Crippen LogP contribution in [0.2, 0.25) is 0 Å². The van der Waals surface area contributed by atoms with Crippen LogP contribution in [0, 0.1) is 10.8 Å². The van der Waals surface area contributed by atoms with Crippen LogP contribution < -0.4 is 16.6 Å². The molecular weight excluding hydrogens is 238 g/mol. The summed E-state index contributed by atoms with van der Waals surface area (Å²) in [6, 6.07) is 2.33. The van der Waals surface area contributed by atoms with Crippen molar-refractivity contribution in [2.75, 3.05) is 10.7 Å². The number of rotatable bonds is 3. The zero-order valence-electron chi connectivity index (χ0n) is 12.3. The highest BCUT2D eigenvalue weighted by molar-refractivity contribution is 5.40. The summed E-state index contributed by atoms with van der Waals surface area (Å²) in [5.74, 6) is 6.61. The van der Waals surface area contributed by atoms with Gasteiger partial charge in [0.1, 0.15) is 5.82 Å². The fraction of sp³-hybridized carbons (Fsp3) is 0.714. The van der Waals surface area contributed by atoms with Crippen LogP contribution in [-0.4, -0.2) is 16.0 Å². The molecule has 1 aromatic rings. The van der Waals surface area contributed by atoms with Crippen molar-refractivity contribution in [1.29, 1.82) is 0 Å². The average molecular weight is 263 g/mol. The minimum Gasteiger partial charge on any atom is -0.367 e. The standard InChI is InChI=1S/C14H25N5/c1-13(2)7-10(8-14(3,4)9-13)17-11-5-6-16-12(18-11)19-15/h5-6,10H,7-9,15H2,1-4H3,(H2,16,17,18,19). The number of anilines is 2. The molecule has 0 atom stereocenters. The molecule has 1 fully saturated rings. The monoisotopic (exact) mass is 263 g/mol. The van der Waals surface area contributed by atoms with Crippen molar-refractivity contribution in [2.24, 2.45) is 16.7 Å². The largest absolute Gasteiger partial charge is 0.367 e. The third-order valence-electron chi connectivity index (χ3n) is 3.69. The van der Waals surface area contributed by atoms with Gasteiger partial charge in [0.2, 0.25) is 5.95 Å². The Balaban J connectivity index is 2.09. The molecule has 1 saturated carbocycles. The minimum absolute atomic E-state index is 0.362. The fourth-order valence-corrected chi connectivity index (χ4v) is 3.67. The molecule has 0 amide bonds. The topological polar surface area (TPSA) is 75.9 Å². The van der Waals surface area contributed by atoms with Gasteiger partial charge in [-0.05, 0) is 36.2 Å². The predicted octanol–water partition coefficient (Wildman–Crippen LogP) is 2.78. The van der Waals surface area contributed by atoms with E-state index in [-0.39, 0.29) is 0 Å². The Labute approximate surface area is 115 Å². The Morgan fingerprint density at radius 1 is 1.21 bits per heavy atom. The first-order valence-electron chi connectivity index (χ1n) is 6.86. The van der Waals surface area contributed by atoms with E-state index in [9.17, 15) is 0 Å². The van der Waals surface area contributed by atoms with E-state index in [0.717, 1.165) is 18.7 Å². The second-order valence-corrected chi connectivity index (χ2v) is 7.16. The molecule has 0 aromatic carbocycles. The number of hydrogen-bond donors (Lipinski definition) is 3. The number of aromatic nitrogens is 2. The molecule has 4 N–H and O–H groups in total. The Hall–Kier alpha value is -1.36. The van der Waals surface area contributed by atoms with Gasteiger partial charge in [0.05, 0.1) is 0 Å². The lowest BCUT2D eigenvalue weighted by Gasteiger charge is -2.45. The van der Waals surface area contributed by atoms with Crippen LogP contribution in [-0.2, 0) is 0 Å². The lowest BCUT2D eigenvalue weighted by Crippen LogP contribution is -2.40. The van der Waals surface area contributed by atoms with Crippen LogP contribution in [0.15, 0.2) is 12.3 Å². The maximum absolute atomic E-state index is 5.34. The highest BCUT2D eigenvalue weighted by atomic mass is 15.3. The summed E-state index contributed by atoms with van der Waals surface area (Å²) >= 11 is 0. The van der Waals surface area contributed by atoms with Crippen molar-refractivity contribution < 1.29 is 0 Å². The first-order chi connectivity index (χ1) is 8.80. The highest BCUT2D eigenvalue weighted by Crippen LogP contribution is 2.46. The van der Waals surface area contributed by atoms with Gasteiger partial charge in [-0.1, -0.05) is 27.7 Å². The van der Waals surface area contributed by atoms with Crippen molar-refractivity contribution >= 4 is 11.8 Å². The minimum atomic E-state index is 0.362. The summed E-state index contributed by atoms with van der Waals surface area (Å²) in [6.07, 6.45) is 5.29.